The molecule has 0 aromatic carbocycles. The zero-order valence-corrected chi connectivity index (χ0v) is 7.10. The van der Waals surface area contributed by atoms with Crippen LogP contribution in [-0.4, -0.2) is 8.32 Å². The van der Waals surface area contributed by atoms with Gasteiger partial charge in [0.05, 0.1) is 0 Å². The molecule has 6 heavy (non-hydrogen) atoms. The molecule has 0 aliphatic heterocycles. The van der Waals surface area contributed by atoms with Gasteiger partial charge >= 0.3 is 29.5 Å². The summed E-state index contributed by atoms with van der Waals surface area (Å²) < 4.78 is 31.9. The minimum absolute atomic E-state index is 0. The Bertz CT molecular complexity index is 90.7. The van der Waals surface area contributed by atoms with Crippen molar-refractivity contribution in [2.45, 2.75) is 0 Å². The molecule has 0 atom stereocenters. The second kappa shape index (κ2) is 3.41. The molecule has 6 heteroatoms. The molecule has 0 aromatic rings. The summed E-state index contributed by atoms with van der Waals surface area (Å²) in [5.41, 5.74) is 0. The van der Waals surface area contributed by atoms with Gasteiger partial charge in [0.25, 0.3) is 0 Å². The minimum atomic E-state index is -5.25. The maximum absolute atomic E-state index is 8.82. The molecule has 0 saturated carbocycles. The van der Waals surface area contributed by atoms with E-state index < -0.39 is 13.6 Å². The van der Waals surface area contributed by atoms with Gasteiger partial charge in [0, 0.05) is 40.8 Å². The first-order valence-corrected chi connectivity index (χ1v) is 2.88. The van der Waals surface area contributed by atoms with Crippen LogP contribution in [-0.2, 0) is 21.2 Å². The number of rotatable bonds is 0. The van der Waals surface area contributed by atoms with Crippen LogP contribution in [0.1, 0.15) is 0 Å². The first-order chi connectivity index (χ1) is 2.00. The molecule has 36 valence electrons. The van der Waals surface area contributed by atoms with Crippen LogP contribution < -0.4 is 0 Å². The molecule has 0 unspecified atom stereocenters. The molecule has 0 saturated heterocycles. The van der Waals surface area contributed by atoms with E-state index in [1.54, 1.807) is 0 Å². The van der Waals surface area contributed by atoms with Gasteiger partial charge < -0.3 is 0 Å². The molecular weight excluding hydrogens is 260 g/mol. The average Bonchev–Trinajstić information content (AvgIpc) is 0.722. The summed E-state index contributed by atoms with van der Waals surface area (Å²) in [6, 6.07) is 0. The van der Waals surface area contributed by atoms with Gasteiger partial charge in [-0.25, -0.2) is 0 Å². The molecular formula is H2CrNdO4. The summed E-state index contributed by atoms with van der Waals surface area (Å²) in [6.45, 7) is 0. The Kier molecular flexibility index (Phi) is 5.91. The SMILES string of the molecule is [Nd].[O]=[Cr](=[O])([OH])[OH]. The molecule has 0 amide bonds. The molecule has 0 aliphatic rings. The van der Waals surface area contributed by atoms with Crippen LogP contribution in [0.5, 0.6) is 0 Å². The monoisotopic (exact) mass is 260 g/mol. The third kappa shape index (κ3) is 53.2. The Morgan fingerprint density at radius 2 is 1.17 bits per heavy atom. The molecule has 0 rings (SSSR count). The maximum atomic E-state index is 8.82. The fourth-order valence-corrected chi connectivity index (χ4v) is 0. The number of hydrogen-bond acceptors (Lipinski definition) is 2. The van der Waals surface area contributed by atoms with Crippen molar-refractivity contribution >= 4 is 0 Å². The van der Waals surface area contributed by atoms with Gasteiger partial charge in [0.15, 0.2) is 0 Å². The zero-order chi connectivity index (χ0) is 4.50. The zero-order valence-electron chi connectivity index (χ0n) is 2.62. The topological polar surface area (TPSA) is 74.6 Å². The summed E-state index contributed by atoms with van der Waals surface area (Å²) >= 11 is -5.25. The van der Waals surface area contributed by atoms with E-state index in [0.29, 0.717) is 0 Å². The van der Waals surface area contributed by atoms with Crippen LogP contribution in [0.15, 0.2) is 0 Å². The summed E-state index contributed by atoms with van der Waals surface area (Å²) in [4.78, 5) is 0. The van der Waals surface area contributed by atoms with Crippen molar-refractivity contribution in [2.75, 3.05) is 0 Å². The second-order valence-corrected chi connectivity index (χ2v) is 1.85. The molecule has 0 aliphatic carbocycles. The second-order valence-electron chi connectivity index (χ2n) is 0.448. The molecule has 0 spiro atoms. The molecule has 0 fully saturated rings. The summed E-state index contributed by atoms with van der Waals surface area (Å²) in [6.07, 6.45) is 0. The predicted molar refractivity (Wildman–Crippen MR) is 5.81 cm³/mol. The van der Waals surface area contributed by atoms with E-state index in [-0.39, 0.29) is 40.8 Å². The standard InChI is InChI=1S/Cr.Nd.2H2O.2O/h;;2*1H2;;/q+2;;;;;/p-2. The van der Waals surface area contributed by atoms with Crippen LogP contribution >= 0.6 is 0 Å². The summed E-state index contributed by atoms with van der Waals surface area (Å²) in [5, 5.41) is 0. The first kappa shape index (κ1) is 10.4. The van der Waals surface area contributed by atoms with Gasteiger partial charge in [-0.3, -0.25) is 0 Å². The van der Waals surface area contributed by atoms with Crippen molar-refractivity contribution < 1.29 is 70.4 Å². The Balaban J connectivity index is 0. The molecule has 0 heterocycles. The molecule has 4 nitrogen and oxygen atoms in total. The van der Waals surface area contributed by atoms with Crippen LogP contribution in [0, 0.1) is 40.8 Å². The normalized spacial score (nSPS) is 9.67. The average molecular weight is 262 g/mol. The third-order valence-electron chi connectivity index (χ3n) is 0. The fourth-order valence-electron chi connectivity index (χ4n) is 0. The molecule has 0 bridgehead atoms. The van der Waals surface area contributed by atoms with Gasteiger partial charge in [-0.1, -0.05) is 0 Å². The van der Waals surface area contributed by atoms with Crippen LogP contribution in [0.2, 0.25) is 0 Å². The van der Waals surface area contributed by atoms with Gasteiger partial charge in [0.1, 0.15) is 0 Å². The van der Waals surface area contributed by atoms with E-state index in [2.05, 4.69) is 0 Å². The van der Waals surface area contributed by atoms with Crippen molar-refractivity contribution in [3.05, 3.63) is 0 Å². The Morgan fingerprint density at radius 3 is 1.17 bits per heavy atom. The van der Waals surface area contributed by atoms with Crippen molar-refractivity contribution in [3.8, 4) is 0 Å². The van der Waals surface area contributed by atoms with Crippen LogP contribution in [0.3, 0.4) is 0 Å². The molecule has 0 radical (unpaired) electrons. The molecule has 0 aromatic heterocycles. The fraction of sp³-hybridized carbons (Fsp3) is 0. The van der Waals surface area contributed by atoms with E-state index in [9.17, 15) is 0 Å². The van der Waals surface area contributed by atoms with E-state index in [1.165, 1.54) is 0 Å². The number of hydrogen-bond donors (Lipinski definition) is 2. The van der Waals surface area contributed by atoms with Gasteiger partial charge in [-0.05, 0) is 0 Å². The Labute approximate surface area is 69.5 Å². The van der Waals surface area contributed by atoms with E-state index in [4.69, 9.17) is 15.9 Å². The Hall–Kier alpha value is 1.40. The predicted octanol–water partition coefficient (Wildman–Crippen LogP) is -1.35. The van der Waals surface area contributed by atoms with E-state index in [0.717, 1.165) is 0 Å². The summed E-state index contributed by atoms with van der Waals surface area (Å²) in [7, 11) is 0. The van der Waals surface area contributed by atoms with E-state index >= 15 is 0 Å². The molecule has 2 N–H and O–H groups in total. The van der Waals surface area contributed by atoms with Gasteiger partial charge in [-0.15, -0.1) is 0 Å². The van der Waals surface area contributed by atoms with Crippen molar-refractivity contribution in [1.82, 2.24) is 0 Å². The van der Waals surface area contributed by atoms with Crippen molar-refractivity contribution in [2.24, 2.45) is 0 Å². The van der Waals surface area contributed by atoms with Crippen LogP contribution in [0.25, 0.3) is 0 Å². The van der Waals surface area contributed by atoms with Crippen molar-refractivity contribution in [3.63, 3.8) is 0 Å². The quantitative estimate of drug-likeness (QED) is 0.566. The first-order valence-electron chi connectivity index (χ1n) is 0.698. The van der Waals surface area contributed by atoms with Gasteiger partial charge in [0.2, 0.25) is 0 Å². The van der Waals surface area contributed by atoms with Crippen molar-refractivity contribution in [1.29, 1.82) is 0 Å². The Morgan fingerprint density at radius 1 is 1.17 bits per heavy atom. The van der Waals surface area contributed by atoms with Gasteiger partial charge in [-0.2, -0.15) is 0 Å². The van der Waals surface area contributed by atoms with Crippen LogP contribution in [0.4, 0.5) is 0 Å². The van der Waals surface area contributed by atoms with E-state index in [1.807, 2.05) is 0 Å². The summed E-state index contributed by atoms with van der Waals surface area (Å²) in [5.74, 6) is 0. The third-order valence-corrected chi connectivity index (χ3v) is 0.